The van der Waals surface area contributed by atoms with Crippen LogP contribution in [0, 0.1) is 51.8 Å². The van der Waals surface area contributed by atoms with E-state index in [1.807, 2.05) is 27.7 Å². The van der Waals surface area contributed by atoms with Gasteiger partial charge in [0.2, 0.25) is 0 Å². The number of fused-ring (bicyclic) bond motifs is 5. The highest BCUT2D eigenvalue weighted by Gasteiger charge is 2.64. The zero-order valence-corrected chi connectivity index (χ0v) is 27.9. The van der Waals surface area contributed by atoms with Crippen LogP contribution in [-0.2, 0) is 14.3 Å². The van der Waals surface area contributed by atoms with Crippen molar-refractivity contribution < 1.29 is 50.0 Å². The molecule has 0 aromatic carbocycles. The summed E-state index contributed by atoms with van der Waals surface area (Å²) in [5.41, 5.74) is -0.351. The third kappa shape index (κ3) is 5.88. The smallest absolute Gasteiger partial charge is 0.187 e. The van der Waals surface area contributed by atoms with Crippen molar-refractivity contribution in [3.63, 3.8) is 0 Å². The molecule has 4 saturated carbocycles. The highest BCUT2D eigenvalue weighted by atomic mass is 16.7. The van der Waals surface area contributed by atoms with Gasteiger partial charge >= 0.3 is 0 Å². The number of Topliss-reactive ketones (excluding diaryl/α,β-unsaturated/α-hetero) is 1. The Kier molecular flexibility index (Phi) is 9.82. The molecule has 4 aliphatic carbocycles. The molecule has 1 saturated heterocycles. The summed E-state index contributed by atoms with van der Waals surface area (Å²) in [6, 6.07) is 0. The van der Waals surface area contributed by atoms with Crippen LogP contribution in [0.5, 0.6) is 0 Å². The van der Waals surface area contributed by atoms with Gasteiger partial charge in [0.05, 0.1) is 24.9 Å². The van der Waals surface area contributed by atoms with Crippen LogP contribution in [0.4, 0.5) is 0 Å². The fraction of sp³-hybridized carbons (Fsp3) is 0.914. The van der Waals surface area contributed by atoms with E-state index >= 15 is 0 Å². The number of carbonyl (C=O) groups is 1. The lowest BCUT2D eigenvalue weighted by Crippen LogP contribution is -2.61. The first-order chi connectivity index (χ1) is 20.9. The minimum absolute atomic E-state index is 0.117. The van der Waals surface area contributed by atoms with Crippen LogP contribution in [-0.4, -0.2) is 103 Å². The molecule has 0 aromatic heterocycles. The minimum atomic E-state index is -1.60. The zero-order valence-electron chi connectivity index (χ0n) is 27.9. The molecule has 10 nitrogen and oxygen atoms in total. The van der Waals surface area contributed by atoms with E-state index in [1.165, 1.54) is 0 Å². The van der Waals surface area contributed by atoms with E-state index in [-0.39, 0.29) is 46.2 Å². The SMILES string of the molecule is C=C(C(OC1OC(CO)C(O)C(O)C1O)C(O)C(C)C1CCC2C3CC(=O)C4CC(O)C(O)CC4(C)C3CCC12C)C(C)(C)C. The first-order valence-electron chi connectivity index (χ1n) is 17.1. The summed E-state index contributed by atoms with van der Waals surface area (Å²) in [4.78, 5) is 13.6. The summed E-state index contributed by atoms with van der Waals surface area (Å²) in [6.45, 7) is 16.1. The molecule has 17 unspecified atom stereocenters. The Hall–Kier alpha value is -0.950. The number of aliphatic hydroxyl groups is 7. The topological polar surface area (TPSA) is 177 Å². The van der Waals surface area contributed by atoms with Crippen LogP contribution < -0.4 is 0 Å². The molecule has 0 amide bonds. The van der Waals surface area contributed by atoms with Crippen molar-refractivity contribution in [3.05, 3.63) is 12.2 Å². The number of carbonyl (C=O) groups excluding carboxylic acids is 1. The maximum absolute atomic E-state index is 13.6. The van der Waals surface area contributed by atoms with E-state index in [4.69, 9.17) is 9.47 Å². The summed E-state index contributed by atoms with van der Waals surface area (Å²) in [5, 5.41) is 74.2. The second-order valence-corrected chi connectivity index (χ2v) is 16.8. The molecular formula is C35H58O10. The summed E-state index contributed by atoms with van der Waals surface area (Å²) in [5.74, 6) is 0.633. The van der Waals surface area contributed by atoms with Crippen LogP contribution in [0.2, 0.25) is 0 Å². The van der Waals surface area contributed by atoms with Crippen LogP contribution in [0.15, 0.2) is 12.2 Å². The Balaban J connectivity index is 1.38. The summed E-state index contributed by atoms with van der Waals surface area (Å²) >= 11 is 0. The van der Waals surface area contributed by atoms with Gasteiger partial charge in [0.15, 0.2) is 6.29 Å². The van der Waals surface area contributed by atoms with Crippen LogP contribution in [0.3, 0.4) is 0 Å². The zero-order chi connectivity index (χ0) is 33.4. The average Bonchev–Trinajstić information content (AvgIpc) is 3.33. The number of rotatable bonds is 7. The molecule has 5 rings (SSSR count). The van der Waals surface area contributed by atoms with Crippen molar-refractivity contribution >= 4 is 5.78 Å². The number of ether oxygens (including phenoxy) is 2. The molecule has 0 radical (unpaired) electrons. The van der Waals surface area contributed by atoms with Gasteiger partial charge in [-0.2, -0.15) is 0 Å². The van der Waals surface area contributed by atoms with Gasteiger partial charge in [-0.25, -0.2) is 0 Å². The van der Waals surface area contributed by atoms with Gasteiger partial charge in [0.25, 0.3) is 0 Å². The molecule has 0 aromatic rings. The maximum Gasteiger partial charge on any atom is 0.187 e. The Labute approximate surface area is 267 Å². The Bertz CT molecular complexity index is 1100. The first kappa shape index (κ1) is 35.4. The lowest BCUT2D eigenvalue weighted by molar-refractivity contribution is -0.316. The summed E-state index contributed by atoms with van der Waals surface area (Å²) in [7, 11) is 0. The Morgan fingerprint density at radius 1 is 1.00 bits per heavy atom. The lowest BCUT2D eigenvalue weighted by atomic mass is 9.44. The van der Waals surface area contributed by atoms with Crippen LogP contribution >= 0.6 is 0 Å². The van der Waals surface area contributed by atoms with Gasteiger partial charge in [0.1, 0.15) is 36.3 Å². The normalized spacial score (nSPS) is 49.0. The third-order valence-electron chi connectivity index (χ3n) is 13.5. The van der Waals surface area contributed by atoms with Gasteiger partial charge in [-0.3, -0.25) is 4.79 Å². The molecule has 10 heteroatoms. The second-order valence-electron chi connectivity index (χ2n) is 16.8. The van der Waals surface area contributed by atoms with Crippen molar-refractivity contribution in [2.45, 2.75) is 142 Å². The van der Waals surface area contributed by atoms with Gasteiger partial charge in [-0.05, 0) is 89.9 Å². The van der Waals surface area contributed by atoms with Gasteiger partial charge in [-0.15, -0.1) is 0 Å². The molecule has 1 heterocycles. The largest absolute Gasteiger partial charge is 0.394 e. The van der Waals surface area contributed by atoms with Gasteiger partial charge in [-0.1, -0.05) is 48.1 Å². The minimum Gasteiger partial charge on any atom is -0.394 e. The fourth-order valence-corrected chi connectivity index (χ4v) is 10.6. The molecule has 0 spiro atoms. The van der Waals surface area contributed by atoms with E-state index in [9.17, 15) is 40.5 Å². The van der Waals surface area contributed by atoms with Crippen molar-refractivity contribution in [1.82, 2.24) is 0 Å². The Morgan fingerprint density at radius 3 is 2.27 bits per heavy atom. The molecule has 17 atom stereocenters. The van der Waals surface area contributed by atoms with Gasteiger partial charge in [0, 0.05) is 12.3 Å². The monoisotopic (exact) mass is 638 g/mol. The van der Waals surface area contributed by atoms with Crippen LogP contribution in [0.25, 0.3) is 0 Å². The quantitative estimate of drug-likeness (QED) is 0.204. The predicted octanol–water partition coefficient (Wildman–Crippen LogP) is 1.94. The molecule has 5 fully saturated rings. The number of ketones is 1. The van der Waals surface area contributed by atoms with Gasteiger partial charge < -0.3 is 45.2 Å². The standard InChI is InChI=1S/C35H58O10/c1-16(27(40)31(17(2)33(3,4)5)45-32-30(43)29(42)28(41)26(15-36)44-32)19-8-9-20-18-12-23(37)22-13-24(38)25(39)14-35(22,7)21(18)10-11-34(19,20)6/h16,18-22,24-32,36,38-43H,2,8-15H2,1,3-7H3. The summed E-state index contributed by atoms with van der Waals surface area (Å²) < 4.78 is 11.9. The molecule has 45 heavy (non-hydrogen) atoms. The first-order valence-corrected chi connectivity index (χ1v) is 17.1. The number of hydrogen-bond acceptors (Lipinski definition) is 10. The van der Waals surface area contributed by atoms with E-state index in [2.05, 4.69) is 20.4 Å². The van der Waals surface area contributed by atoms with E-state index in [0.29, 0.717) is 30.8 Å². The average molecular weight is 639 g/mol. The van der Waals surface area contributed by atoms with Crippen LogP contribution in [0.1, 0.15) is 86.5 Å². The molecule has 7 N–H and O–H groups in total. The van der Waals surface area contributed by atoms with Crippen molar-refractivity contribution in [3.8, 4) is 0 Å². The highest BCUT2D eigenvalue weighted by Crippen LogP contribution is 2.68. The molecule has 5 aliphatic rings. The summed E-state index contributed by atoms with van der Waals surface area (Å²) in [6.07, 6.45) is -5.95. The van der Waals surface area contributed by atoms with Crippen molar-refractivity contribution in [2.75, 3.05) is 6.61 Å². The molecule has 0 bridgehead atoms. The second kappa shape index (κ2) is 12.5. The maximum atomic E-state index is 13.6. The van der Waals surface area contributed by atoms with E-state index < -0.39 is 67.1 Å². The predicted molar refractivity (Wildman–Crippen MR) is 165 cm³/mol. The van der Waals surface area contributed by atoms with Crippen molar-refractivity contribution in [2.24, 2.45) is 51.8 Å². The Morgan fingerprint density at radius 2 is 1.64 bits per heavy atom. The lowest BCUT2D eigenvalue weighted by Gasteiger charge is -2.61. The van der Waals surface area contributed by atoms with E-state index in [0.717, 1.165) is 25.7 Å². The third-order valence-corrected chi connectivity index (χ3v) is 13.5. The molecule has 258 valence electrons. The molecular weight excluding hydrogens is 580 g/mol. The number of aliphatic hydroxyl groups excluding tert-OH is 7. The van der Waals surface area contributed by atoms with E-state index in [1.54, 1.807) is 0 Å². The fourth-order valence-electron chi connectivity index (χ4n) is 10.6. The molecule has 1 aliphatic heterocycles. The van der Waals surface area contributed by atoms with Crippen molar-refractivity contribution in [1.29, 1.82) is 0 Å². The highest BCUT2D eigenvalue weighted by molar-refractivity contribution is 5.83. The number of hydrogen-bond donors (Lipinski definition) is 7.